The van der Waals surface area contributed by atoms with Crippen LogP contribution in [0.25, 0.3) is 0 Å². The topological polar surface area (TPSA) is 148 Å². The Bertz CT molecular complexity index is 1280. The van der Waals surface area contributed by atoms with Crippen molar-refractivity contribution in [3.05, 3.63) is 63.9 Å². The van der Waals surface area contributed by atoms with Gasteiger partial charge in [-0.1, -0.05) is 37.2 Å². The predicted molar refractivity (Wildman–Crippen MR) is 141 cm³/mol. The molecule has 0 saturated carbocycles. The molecule has 10 nitrogen and oxygen atoms in total. The first-order valence-corrected chi connectivity index (χ1v) is 12.3. The zero-order valence-electron chi connectivity index (χ0n) is 20.3. The molecule has 1 heterocycles. The average Bonchev–Trinajstić information content (AvgIpc) is 2.88. The van der Waals surface area contributed by atoms with Crippen LogP contribution in [0, 0.1) is 0 Å². The number of nitrogens with zero attached hydrogens (tertiary/aromatic N) is 1. The van der Waals surface area contributed by atoms with Crippen LogP contribution >= 0.6 is 11.8 Å². The zero-order valence-corrected chi connectivity index (χ0v) is 21.2. The monoisotopic (exact) mass is 511 g/mol. The summed E-state index contributed by atoms with van der Waals surface area (Å²) in [5, 5.41) is 5.44. The number of ether oxygens (including phenoxy) is 2. The van der Waals surface area contributed by atoms with Crippen molar-refractivity contribution in [2.45, 2.75) is 31.3 Å². The molecule has 3 aromatic rings. The number of nitrogens with two attached hydrogens (primary N) is 1. The predicted octanol–water partition coefficient (Wildman–Crippen LogP) is 3.70. The SMILES string of the molecule is CCCCc1ccc(NC(=O)CSc2nc(N)c(NC(=O)c3ccc(OC)c(OC)c3)c(=O)[nH]2)cc1. The van der Waals surface area contributed by atoms with E-state index in [1.807, 2.05) is 24.3 Å². The number of carbonyl (C=O) groups excluding carboxylic acids is 2. The van der Waals surface area contributed by atoms with Crippen molar-refractivity contribution in [3.8, 4) is 11.5 Å². The number of benzene rings is 2. The number of H-pyrrole nitrogens is 1. The van der Waals surface area contributed by atoms with Crippen LogP contribution in [0.15, 0.2) is 52.4 Å². The molecular formula is C25H29N5O5S. The van der Waals surface area contributed by atoms with Crippen molar-refractivity contribution in [1.82, 2.24) is 9.97 Å². The Morgan fingerprint density at radius 1 is 1.06 bits per heavy atom. The van der Waals surface area contributed by atoms with E-state index >= 15 is 0 Å². The van der Waals surface area contributed by atoms with Gasteiger partial charge in [-0.25, -0.2) is 4.98 Å². The molecule has 36 heavy (non-hydrogen) atoms. The third kappa shape index (κ3) is 7.01. The zero-order chi connectivity index (χ0) is 26.1. The summed E-state index contributed by atoms with van der Waals surface area (Å²) in [7, 11) is 2.94. The first-order chi connectivity index (χ1) is 17.3. The highest BCUT2D eigenvalue weighted by Gasteiger charge is 2.16. The largest absolute Gasteiger partial charge is 0.493 e. The molecular weight excluding hydrogens is 482 g/mol. The van der Waals surface area contributed by atoms with E-state index in [0.717, 1.165) is 31.0 Å². The maximum absolute atomic E-state index is 12.6. The van der Waals surface area contributed by atoms with Gasteiger partial charge in [-0.15, -0.1) is 0 Å². The number of aryl methyl sites for hydroxylation is 1. The normalized spacial score (nSPS) is 10.5. The second-order valence-electron chi connectivity index (χ2n) is 7.79. The maximum atomic E-state index is 12.6. The van der Waals surface area contributed by atoms with Gasteiger partial charge in [-0.05, 0) is 48.7 Å². The van der Waals surface area contributed by atoms with E-state index in [2.05, 4.69) is 27.5 Å². The van der Waals surface area contributed by atoms with Crippen molar-refractivity contribution in [2.75, 3.05) is 36.3 Å². The van der Waals surface area contributed by atoms with Crippen molar-refractivity contribution in [1.29, 1.82) is 0 Å². The first kappa shape index (κ1) is 26.6. The molecule has 0 saturated heterocycles. The molecule has 0 aliphatic rings. The van der Waals surface area contributed by atoms with Crippen LogP contribution in [0.5, 0.6) is 11.5 Å². The van der Waals surface area contributed by atoms with E-state index in [1.54, 1.807) is 6.07 Å². The van der Waals surface area contributed by atoms with Crippen LogP contribution in [0.2, 0.25) is 0 Å². The van der Waals surface area contributed by atoms with Crippen LogP contribution < -0.4 is 31.4 Å². The fraction of sp³-hybridized carbons (Fsp3) is 0.280. The number of carbonyl (C=O) groups is 2. The molecule has 0 unspecified atom stereocenters. The van der Waals surface area contributed by atoms with Gasteiger partial charge in [0.25, 0.3) is 11.5 Å². The van der Waals surface area contributed by atoms with Gasteiger partial charge in [-0.3, -0.25) is 19.4 Å². The van der Waals surface area contributed by atoms with Crippen molar-refractivity contribution in [3.63, 3.8) is 0 Å². The molecule has 11 heteroatoms. The fourth-order valence-corrected chi connectivity index (χ4v) is 3.96. The van der Waals surface area contributed by atoms with E-state index in [-0.39, 0.29) is 33.9 Å². The first-order valence-electron chi connectivity index (χ1n) is 11.3. The van der Waals surface area contributed by atoms with Crippen molar-refractivity contribution in [2.24, 2.45) is 0 Å². The number of amides is 2. The average molecular weight is 512 g/mol. The van der Waals surface area contributed by atoms with E-state index in [9.17, 15) is 14.4 Å². The highest BCUT2D eigenvalue weighted by atomic mass is 32.2. The molecule has 0 radical (unpaired) electrons. The molecule has 2 amide bonds. The van der Waals surface area contributed by atoms with Gasteiger partial charge in [0.2, 0.25) is 5.91 Å². The number of anilines is 3. The number of unbranched alkanes of at least 4 members (excludes halogenated alkanes) is 1. The lowest BCUT2D eigenvalue weighted by Crippen LogP contribution is -2.23. The Morgan fingerprint density at radius 3 is 2.42 bits per heavy atom. The number of aromatic amines is 1. The number of hydrogen-bond acceptors (Lipinski definition) is 8. The highest BCUT2D eigenvalue weighted by Crippen LogP contribution is 2.28. The quantitative estimate of drug-likeness (QED) is 0.225. The standard InChI is InChI=1S/C25H29N5O5S/c1-4-5-6-15-7-10-17(11-8-15)27-20(31)14-36-25-29-22(26)21(24(33)30-25)28-23(32)16-9-12-18(34-2)19(13-16)35-3/h7-13H,4-6,14H2,1-3H3,(H,27,31)(H,28,32)(H3,26,29,30,33). The molecule has 0 spiro atoms. The summed E-state index contributed by atoms with van der Waals surface area (Å²) in [6.07, 6.45) is 3.25. The van der Waals surface area contributed by atoms with Gasteiger partial charge in [0.05, 0.1) is 20.0 Å². The van der Waals surface area contributed by atoms with Gasteiger partial charge in [0.1, 0.15) is 5.69 Å². The second-order valence-corrected chi connectivity index (χ2v) is 8.76. The van der Waals surface area contributed by atoms with Gasteiger partial charge in [-0.2, -0.15) is 0 Å². The summed E-state index contributed by atoms with van der Waals surface area (Å²) in [5.41, 5.74) is 7.25. The second kappa shape index (κ2) is 12.6. The minimum Gasteiger partial charge on any atom is -0.493 e. The summed E-state index contributed by atoms with van der Waals surface area (Å²) in [5.74, 6) is -0.163. The Morgan fingerprint density at radius 2 is 1.78 bits per heavy atom. The summed E-state index contributed by atoms with van der Waals surface area (Å²) in [4.78, 5) is 44.1. The van der Waals surface area contributed by atoms with Crippen LogP contribution in [0.4, 0.5) is 17.2 Å². The summed E-state index contributed by atoms with van der Waals surface area (Å²) in [6.45, 7) is 2.14. The molecule has 5 N–H and O–H groups in total. The minimum atomic E-state index is -0.637. The Labute approximate surface area is 213 Å². The summed E-state index contributed by atoms with van der Waals surface area (Å²) in [6, 6.07) is 12.3. The van der Waals surface area contributed by atoms with Crippen LogP contribution in [-0.2, 0) is 11.2 Å². The number of nitrogen functional groups attached to an aromatic ring is 1. The van der Waals surface area contributed by atoms with E-state index in [1.165, 1.54) is 31.9 Å². The molecule has 0 aliphatic carbocycles. The Balaban J connectivity index is 1.60. The fourth-order valence-electron chi connectivity index (χ4n) is 3.29. The lowest BCUT2D eigenvalue weighted by Gasteiger charge is -2.11. The van der Waals surface area contributed by atoms with Crippen LogP contribution in [-0.4, -0.2) is 41.8 Å². The smallest absolute Gasteiger partial charge is 0.277 e. The lowest BCUT2D eigenvalue weighted by atomic mass is 10.1. The molecule has 0 aliphatic heterocycles. The van der Waals surface area contributed by atoms with Crippen LogP contribution in [0.1, 0.15) is 35.7 Å². The number of hydrogen-bond donors (Lipinski definition) is 4. The third-order valence-corrected chi connectivity index (χ3v) is 6.08. The summed E-state index contributed by atoms with van der Waals surface area (Å²) < 4.78 is 10.4. The number of thioether (sulfide) groups is 1. The van der Waals surface area contributed by atoms with Crippen molar-refractivity contribution < 1.29 is 19.1 Å². The molecule has 1 aromatic heterocycles. The number of nitrogens with one attached hydrogen (secondary N) is 3. The van der Waals surface area contributed by atoms with Gasteiger partial charge < -0.3 is 25.8 Å². The molecule has 0 bridgehead atoms. The summed E-state index contributed by atoms with van der Waals surface area (Å²) >= 11 is 1.02. The molecule has 0 atom stereocenters. The van der Waals surface area contributed by atoms with Gasteiger partial charge in [0.15, 0.2) is 22.5 Å². The maximum Gasteiger partial charge on any atom is 0.277 e. The molecule has 0 fully saturated rings. The number of methoxy groups -OCH3 is 2. The van der Waals surface area contributed by atoms with Gasteiger partial charge >= 0.3 is 0 Å². The van der Waals surface area contributed by atoms with Crippen LogP contribution in [0.3, 0.4) is 0 Å². The van der Waals surface area contributed by atoms with E-state index in [4.69, 9.17) is 15.2 Å². The number of aromatic nitrogens is 2. The van der Waals surface area contributed by atoms with E-state index in [0.29, 0.717) is 17.2 Å². The molecule has 3 rings (SSSR count). The molecule has 2 aromatic carbocycles. The highest BCUT2D eigenvalue weighted by molar-refractivity contribution is 7.99. The molecule has 190 valence electrons. The number of rotatable bonds is 11. The Hall–Kier alpha value is -3.99. The van der Waals surface area contributed by atoms with Gasteiger partial charge in [0, 0.05) is 11.3 Å². The minimum absolute atomic E-state index is 0.0112. The van der Waals surface area contributed by atoms with E-state index < -0.39 is 11.5 Å². The lowest BCUT2D eigenvalue weighted by molar-refractivity contribution is -0.113. The third-order valence-electron chi connectivity index (χ3n) is 5.21. The Kier molecular flexibility index (Phi) is 9.34. The van der Waals surface area contributed by atoms with Crippen molar-refractivity contribution >= 4 is 40.8 Å².